The molecule has 0 aliphatic heterocycles. The molecule has 0 aliphatic rings. The standard InChI is InChI=1S/C16H20O4/c1-12-7-5-8-13(11-17)15(12)19-10-6-9-14(18)20-16(2,3)4/h5-9,11H,10H2,1-4H3/b9-6+. The lowest BCUT2D eigenvalue weighted by atomic mass is 10.1. The van der Waals surface area contributed by atoms with Crippen LogP contribution in [-0.2, 0) is 9.53 Å². The summed E-state index contributed by atoms with van der Waals surface area (Å²) in [6.45, 7) is 7.47. The summed E-state index contributed by atoms with van der Waals surface area (Å²) in [5, 5.41) is 0. The normalized spacial score (nSPS) is 11.4. The summed E-state index contributed by atoms with van der Waals surface area (Å²) in [5.74, 6) is 0.123. The molecule has 1 rings (SSSR count). The van der Waals surface area contributed by atoms with E-state index in [2.05, 4.69) is 0 Å². The van der Waals surface area contributed by atoms with E-state index in [9.17, 15) is 9.59 Å². The van der Waals surface area contributed by atoms with E-state index >= 15 is 0 Å². The van der Waals surface area contributed by atoms with E-state index in [1.165, 1.54) is 6.08 Å². The zero-order chi connectivity index (χ0) is 15.2. The van der Waals surface area contributed by atoms with Crippen LogP contribution in [0, 0.1) is 6.92 Å². The van der Waals surface area contributed by atoms with Gasteiger partial charge in [0.05, 0.1) is 5.56 Å². The van der Waals surface area contributed by atoms with E-state index in [1.807, 2.05) is 13.0 Å². The van der Waals surface area contributed by atoms with Gasteiger partial charge in [0.2, 0.25) is 0 Å². The molecule has 0 aliphatic carbocycles. The molecule has 1 aromatic carbocycles. The molecule has 0 saturated carbocycles. The summed E-state index contributed by atoms with van der Waals surface area (Å²) in [6.07, 6.45) is 3.64. The minimum atomic E-state index is -0.511. The van der Waals surface area contributed by atoms with Crippen molar-refractivity contribution in [2.75, 3.05) is 6.61 Å². The van der Waals surface area contributed by atoms with E-state index in [-0.39, 0.29) is 6.61 Å². The number of carbonyl (C=O) groups is 2. The molecule has 0 amide bonds. The van der Waals surface area contributed by atoms with Crippen LogP contribution in [0.2, 0.25) is 0 Å². The van der Waals surface area contributed by atoms with E-state index in [1.54, 1.807) is 39.0 Å². The molecule has 1 aromatic rings. The molecule has 0 atom stereocenters. The van der Waals surface area contributed by atoms with E-state index in [4.69, 9.17) is 9.47 Å². The van der Waals surface area contributed by atoms with Crippen molar-refractivity contribution in [2.45, 2.75) is 33.3 Å². The molecule has 108 valence electrons. The Balaban J connectivity index is 2.57. The summed E-state index contributed by atoms with van der Waals surface area (Å²) in [6, 6.07) is 5.34. The zero-order valence-electron chi connectivity index (χ0n) is 12.3. The first kappa shape index (κ1) is 16.0. The highest BCUT2D eigenvalue weighted by molar-refractivity contribution is 5.82. The summed E-state index contributed by atoms with van der Waals surface area (Å²) < 4.78 is 10.6. The lowest BCUT2D eigenvalue weighted by molar-refractivity contribution is -0.148. The lowest BCUT2D eigenvalue weighted by Crippen LogP contribution is -2.22. The highest BCUT2D eigenvalue weighted by Gasteiger charge is 2.13. The fourth-order valence-electron chi connectivity index (χ4n) is 1.58. The third-order valence-corrected chi connectivity index (χ3v) is 2.35. The fourth-order valence-corrected chi connectivity index (χ4v) is 1.58. The topological polar surface area (TPSA) is 52.6 Å². The maximum absolute atomic E-state index is 11.4. The molecule has 0 N–H and O–H groups in total. The third kappa shape index (κ3) is 5.26. The van der Waals surface area contributed by atoms with Gasteiger partial charge in [-0.05, 0) is 45.4 Å². The third-order valence-electron chi connectivity index (χ3n) is 2.35. The van der Waals surface area contributed by atoms with Gasteiger partial charge in [-0.2, -0.15) is 0 Å². The van der Waals surface area contributed by atoms with Gasteiger partial charge in [0, 0.05) is 6.08 Å². The van der Waals surface area contributed by atoms with Crippen molar-refractivity contribution in [1.29, 1.82) is 0 Å². The Morgan fingerprint density at radius 2 is 2.00 bits per heavy atom. The second-order valence-electron chi connectivity index (χ2n) is 5.36. The molecule has 0 aromatic heterocycles. The number of esters is 1. The lowest BCUT2D eigenvalue weighted by Gasteiger charge is -2.17. The van der Waals surface area contributed by atoms with Crippen molar-refractivity contribution in [3.8, 4) is 5.75 Å². The predicted octanol–water partition coefficient (Wildman–Crippen LogP) is 3.08. The minimum absolute atomic E-state index is 0.199. The van der Waals surface area contributed by atoms with Gasteiger partial charge in [-0.15, -0.1) is 0 Å². The number of hydrogen-bond donors (Lipinski definition) is 0. The van der Waals surface area contributed by atoms with Gasteiger partial charge in [0.25, 0.3) is 0 Å². The monoisotopic (exact) mass is 276 g/mol. The molecule has 0 saturated heterocycles. The van der Waals surface area contributed by atoms with Crippen molar-refractivity contribution in [3.05, 3.63) is 41.5 Å². The molecule has 0 heterocycles. The Kier molecular flexibility index (Phi) is 5.50. The number of ether oxygens (including phenoxy) is 2. The second kappa shape index (κ2) is 6.89. The van der Waals surface area contributed by atoms with Crippen LogP contribution < -0.4 is 4.74 Å². The molecule has 0 unspecified atom stereocenters. The van der Waals surface area contributed by atoms with Gasteiger partial charge in [-0.25, -0.2) is 4.79 Å². The number of para-hydroxylation sites is 1. The van der Waals surface area contributed by atoms with Crippen molar-refractivity contribution in [2.24, 2.45) is 0 Å². The fraction of sp³-hybridized carbons (Fsp3) is 0.375. The molecule has 0 fully saturated rings. The van der Waals surface area contributed by atoms with Crippen LogP contribution >= 0.6 is 0 Å². The molecular weight excluding hydrogens is 256 g/mol. The highest BCUT2D eigenvalue weighted by Crippen LogP contribution is 2.21. The smallest absolute Gasteiger partial charge is 0.331 e. The number of carbonyl (C=O) groups excluding carboxylic acids is 2. The molecule has 0 radical (unpaired) electrons. The number of aldehydes is 1. The molecular formula is C16H20O4. The first-order valence-electron chi connectivity index (χ1n) is 6.40. The predicted molar refractivity (Wildman–Crippen MR) is 77.0 cm³/mol. The van der Waals surface area contributed by atoms with Crippen LogP contribution in [0.3, 0.4) is 0 Å². The Hall–Kier alpha value is -2.10. The maximum atomic E-state index is 11.4. The van der Waals surface area contributed by atoms with Gasteiger partial charge in [0.15, 0.2) is 6.29 Å². The van der Waals surface area contributed by atoms with Crippen molar-refractivity contribution in [1.82, 2.24) is 0 Å². The van der Waals surface area contributed by atoms with Crippen LogP contribution in [0.5, 0.6) is 5.75 Å². The second-order valence-corrected chi connectivity index (χ2v) is 5.36. The minimum Gasteiger partial charge on any atom is -0.488 e. The van der Waals surface area contributed by atoms with Crippen molar-refractivity contribution >= 4 is 12.3 Å². The summed E-state index contributed by atoms with van der Waals surface area (Å²) in [4.78, 5) is 22.3. The molecule has 0 spiro atoms. The molecule has 20 heavy (non-hydrogen) atoms. The van der Waals surface area contributed by atoms with Crippen LogP contribution in [0.15, 0.2) is 30.4 Å². The molecule has 0 bridgehead atoms. The zero-order valence-corrected chi connectivity index (χ0v) is 12.3. The average Bonchev–Trinajstić information content (AvgIpc) is 2.33. The van der Waals surface area contributed by atoms with Crippen molar-refractivity contribution < 1.29 is 19.1 Å². The first-order chi connectivity index (χ1) is 9.33. The molecule has 4 nitrogen and oxygen atoms in total. The Bertz CT molecular complexity index is 510. The molecule has 4 heteroatoms. The summed E-state index contributed by atoms with van der Waals surface area (Å²) >= 11 is 0. The van der Waals surface area contributed by atoms with Gasteiger partial charge in [0.1, 0.15) is 18.0 Å². The van der Waals surface area contributed by atoms with E-state index in [0.717, 1.165) is 11.8 Å². The maximum Gasteiger partial charge on any atom is 0.331 e. The number of aryl methyl sites for hydroxylation is 1. The van der Waals surface area contributed by atoms with Gasteiger partial charge < -0.3 is 9.47 Å². The number of rotatable bonds is 5. The number of hydrogen-bond acceptors (Lipinski definition) is 4. The van der Waals surface area contributed by atoms with E-state index in [0.29, 0.717) is 11.3 Å². The van der Waals surface area contributed by atoms with Crippen LogP contribution in [-0.4, -0.2) is 24.5 Å². The Morgan fingerprint density at radius 3 is 2.60 bits per heavy atom. The number of benzene rings is 1. The summed E-state index contributed by atoms with van der Waals surface area (Å²) in [7, 11) is 0. The SMILES string of the molecule is Cc1cccc(C=O)c1OC/C=C/C(=O)OC(C)(C)C. The van der Waals surface area contributed by atoms with Gasteiger partial charge in [-0.1, -0.05) is 12.1 Å². The van der Waals surface area contributed by atoms with E-state index < -0.39 is 11.6 Å². The van der Waals surface area contributed by atoms with Gasteiger partial charge >= 0.3 is 5.97 Å². The van der Waals surface area contributed by atoms with Gasteiger partial charge in [-0.3, -0.25) is 4.79 Å². The summed E-state index contributed by atoms with van der Waals surface area (Å²) in [5.41, 5.74) is 0.860. The van der Waals surface area contributed by atoms with Crippen LogP contribution in [0.1, 0.15) is 36.7 Å². The Labute approximate surface area is 119 Å². The quantitative estimate of drug-likeness (QED) is 0.471. The Morgan fingerprint density at radius 1 is 1.30 bits per heavy atom. The average molecular weight is 276 g/mol. The van der Waals surface area contributed by atoms with Crippen molar-refractivity contribution in [3.63, 3.8) is 0 Å². The van der Waals surface area contributed by atoms with Crippen LogP contribution in [0.25, 0.3) is 0 Å². The highest BCUT2D eigenvalue weighted by atomic mass is 16.6. The van der Waals surface area contributed by atoms with Crippen LogP contribution in [0.4, 0.5) is 0 Å². The largest absolute Gasteiger partial charge is 0.488 e. The first-order valence-corrected chi connectivity index (χ1v) is 6.40.